The average Bonchev–Trinajstić information content (AvgIpc) is 3.44. The molecule has 9 heteroatoms. The lowest BCUT2D eigenvalue weighted by atomic mass is 10.0. The number of aryl methyl sites for hydroxylation is 4. The molecule has 1 amide bonds. The van der Waals surface area contributed by atoms with Gasteiger partial charge in [0.15, 0.2) is 17.2 Å². The summed E-state index contributed by atoms with van der Waals surface area (Å²) < 4.78 is 12.0. The van der Waals surface area contributed by atoms with Crippen LogP contribution in [-0.2, 0) is 16.0 Å². The Balaban J connectivity index is 1.55. The van der Waals surface area contributed by atoms with Gasteiger partial charge in [-0.1, -0.05) is 28.4 Å². The molecule has 0 saturated carbocycles. The number of aromatic nitrogens is 4. The van der Waals surface area contributed by atoms with Crippen molar-refractivity contribution >= 4 is 39.6 Å². The molecule has 9 nitrogen and oxygen atoms in total. The molecule has 0 aliphatic heterocycles. The van der Waals surface area contributed by atoms with E-state index in [9.17, 15) is 9.59 Å². The molecule has 0 atom stereocenters. The second-order valence-corrected chi connectivity index (χ2v) is 9.17. The largest absolute Gasteiger partial charge is 0.462 e. The predicted octanol–water partition coefficient (Wildman–Crippen LogP) is 5.15. The number of nitrogens with one attached hydrogen (secondary N) is 1. The van der Waals surface area contributed by atoms with Crippen LogP contribution in [-0.4, -0.2) is 38.4 Å². The van der Waals surface area contributed by atoms with Crippen molar-refractivity contribution in [2.24, 2.45) is 0 Å². The Bertz CT molecular complexity index is 1680. The number of carbonyl (C=O) groups excluding carboxylic acids is 2. The molecular formula is C28H27N5O4. The van der Waals surface area contributed by atoms with Crippen molar-refractivity contribution in [2.45, 2.75) is 41.0 Å². The predicted molar refractivity (Wildman–Crippen MR) is 140 cm³/mol. The summed E-state index contributed by atoms with van der Waals surface area (Å²) in [5.74, 6) is -0.307. The van der Waals surface area contributed by atoms with E-state index in [1.54, 1.807) is 6.92 Å². The third kappa shape index (κ3) is 4.55. The number of ether oxygens (including phenoxy) is 1. The number of carbonyl (C=O) groups is 2. The van der Waals surface area contributed by atoms with Gasteiger partial charge >= 0.3 is 5.97 Å². The number of rotatable bonds is 6. The van der Waals surface area contributed by atoms with E-state index < -0.39 is 5.97 Å². The molecule has 188 valence electrons. The lowest BCUT2D eigenvalue weighted by Crippen LogP contribution is -2.20. The highest BCUT2D eigenvalue weighted by Gasteiger charge is 2.24. The molecule has 0 radical (unpaired) electrons. The summed E-state index contributed by atoms with van der Waals surface area (Å²) in [6, 6.07) is 11.7. The molecule has 0 saturated heterocycles. The topological polar surface area (TPSA) is 112 Å². The number of anilines is 1. The van der Waals surface area contributed by atoms with E-state index in [4.69, 9.17) is 14.2 Å². The number of pyridine rings is 1. The highest BCUT2D eigenvalue weighted by atomic mass is 16.5. The molecule has 2 aromatic carbocycles. The van der Waals surface area contributed by atoms with Crippen molar-refractivity contribution in [1.82, 2.24) is 19.9 Å². The molecular weight excluding hydrogens is 470 g/mol. The van der Waals surface area contributed by atoms with E-state index in [-0.39, 0.29) is 30.3 Å². The zero-order valence-electron chi connectivity index (χ0n) is 21.4. The number of amides is 1. The van der Waals surface area contributed by atoms with Crippen LogP contribution in [0.15, 0.2) is 47.1 Å². The fraction of sp³-hybridized carbons (Fsp3) is 0.250. The summed E-state index contributed by atoms with van der Waals surface area (Å²) in [6.07, 6.45) is 1.33. The standard InChI is InChI=1S/C28H27N5O4/c1-6-36-28(35)21-14-29-33(24-12-17(4)19-11-16(3)9-18(5)26(19)30-24)27(21)31-25(34)13-22-20-10-15(2)7-8-23(20)37-32-22/h7-12,14H,6,13H2,1-5H3,(H,31,34). The molecule has 5 aromatic rings. The summed E-state index contributed by atoms with van der Waals surface area (Å²) in [6.45, 7) is 9.92. The molecule has 37 heavy (non-hydrogen) atoms. The summed E-state index contributed by atoms with van der Waals surface area (Å²) in [5.41, 5.74) is 6.28. The third-order valence-corrected chi connectivity index (χ3v) is 6.21. The molecule has 0 bridgehead atoms. The SMILES string of the molecule is CCOC(=O)c1cnn(-c2cc(C)c3cc(C)cc(C)c3n2)c1NC(=O)Cc1noc2ccc(C)cc12. The minimum atomic E-state index is -0.587. The van der Waals surface area contributed by atoms with Crippen molar-refractivity contribution in [3.05, 3.63) is 76.1 Å². The maximum Gasteiger partial charge on any atom is 0.343 e. The molecule has 0 aliphatic carbocycles. The molecule has 5 rings (SSSR count). The Labute approximate surface area is 213 Å². The van der Waals surface area contributed by atoms with Crippen LogP contribution in [0.3, 0.4) is 0 Å². The van der Waals surface area contributed by atoms with Gasteiger partial charge in [-0.15, -0.1) is 0 Å². The van der Waals surface area contributed by atoms with Crippen LogP contribution in [0.25, 0.3) is 27.7 Å². The second kappa shape index (κ2) is 9.50. The van der Waals surface area contributed by atoms with E-state index >= 15 is 0 Å². The van der Waals surface area contributed by atoms with Gasteiger partial charge in [-0.25, -0.2) is 9.78 Å². The fourth-order valence-electron chi connectivity index (χ4n) is 4.49. The molecule has 3 aromatic heterocycles. The van der Waals surface area contributed by atoms with Gasteiger partial charge in [-0.05, 0) is 70.0 Å². The van der Waals surface area contributed by atoms with Crippen LogP contribution < -0.4 is 5.32 Å². The zero-order chi connectivity index (χ0) is 26.3. The lowest BCUT2D eigenvalue weighted by molar-refractivity contribution is -0.115. The Kier molecular flexibility index (Phi) is 6.20. The van der Waals surface area contributed by atoms with E-state index in [0.717, 1.165) is 38.5 Å². The van der Waals surface area contributed by atoms with Crippen molar-refractivity contribution in [3.8, 4) is 5.82 Å². The lowest BCUT2D eigenvalue weighted by Gasteiger charge is -2.13. The maximum atomic E-state index is 13.2. The monoisotopic (exact) mass is 497 g/mol. The van der Waals surface area contributed by atoms with Gasteiger partial charge in [-0.2, -0.15) is 9.78 Å². The molecule has 0 unspecified atom stereocenters. The van der Waals surface area contributed by atoms with Crippen LogP contribution >= 0.6 is 0 Å². The molecule has 0 aliphatic rings. The van der Waals surface area contributed by atoms with Crippen LogP contribution in [0.2, 0.25) is 0 Å². The van der Waals surface area contributed by atoms with Gasteiger partial charge in [0.25, 0.3) is 0 Å². The first kappa shape index (κ1) is 24.2. The minimum absolute atomic E-state index is 0.0491. The van der Waals surface area contributed by atoms with Gasteiger partial charge in [-0.3, -0.25) is 4.79 Å². The van der Waals surface area contributed by atoms with Crippen molar-refractivity contribution in [1.29, 1.82) is 0 Å². The quantitative estimate of drug-likeness (QED) is 0.323. The van der Waals surface area contributed by atoms with E-state index in [1.165, 1.54) is 10.9 Å². The number of nitrogens with zero attached hydrogens (tertiary/aromatic N) is 4. The van der Waals surface area contributed by atoms with Crippen molar-refractivity contribution < 1.29 is 18.8 Å². The van der Waals surface area contributed by atoms with Gasteiger partial charge in [0, 0.05) is 10.8 Å². The maximum absolute atomic E-state index is 13.2. The minimum Gasteiger partial charge on any atom is -0.462 e. The first-order valence-electron chi connectivity index (χ1n) is 12.0. The van der Waals surface area contributed by atoms with Crippen LogP contribution in [0.5, 0.6) is 0 Å². The molecule has 0 fully saturated rings. The van der Waals surface area contributed by atoms with Crippen LogP contribution in [0, 0.1) is 27.7 Å². The summed E-state index contributed by atoms with van der Waals surface area (Å²) >= 11 is 0. The normalized spacial score (nSPS) is 11.3. The highest BCUT2D eigenvalue weighted by molar-refractivity contribution is 6.01. The van der Waals surface area contributed by atoms with Gasteiger partial charge in [0.2, 0.25) is 5.91 Å². The van der Waals surface area contributed by atoms with Gasteiger partial charge in [0.05, 0.1) is 24.7 Å². The number of benzene rings is 2. The Morgan fingerprint density at radius 2 is 1.78 bits per heavy atom. The molecule has 1 N–H and O–H groups in total. The van der Waals surface area contributed by atoms with Gasteiger partial charge in [0.1, 0.15) is 11.3 Å². The Morgan fingerprint density at radius 1 is 1.00 bits per heavy atom. The average molecular weight is 498 g/mol. The van der Waals surface area contributed by atoms with Crippen molar-refractivity contribution in [2.75, 3.05) is 11.9 Å². The highest BCUT2D eigenvalue weighted by Crippen LogP contribution is 2.27. The molecule has 3 heterocycles. The van der Waals surface area contributed by atoms with Crippen molar-refractivity contribution in [3.63, 3.8) is 0 Å². The first-order chi connectivity index (χ1) is 17.7. The first-order valence-corrected chi connectivity index (χ1v) is 12.0. The summed E-state index contributed by atoms with van der Waals surface area (Å²) in [4.78, 5) is 30.7. The number of fused-ring (bicyclic) bond motifs is 2. The molecule has 0 spiro atoms. The van der Waals surface area contributed by atoms with E-state index in [0.29, 0.717) is 17.1 Å². The van der Waals surface area contributed by atoms with E-state index in [2.05, 4.69) is 27.7 Å². The van der Waals surface area contributed by atoms with Crippen LogP contribution in [0.4, 0.5) is 5.82 Å². The third-order valence-electron chi connectivity index (χ3n) is 6.21. The zero-order valence-corrected chi connectivity index (χ0v) is 21.4. The number of hydrogen-bond donors (Lipinski definition) is 1. The number of esters is 1. The fourth-order valence-corrected chi connectivity index (χ4v) is 4.49. The summed E-state index contributed by atoms with van der Waals surface area (Å²) in [7, 11) is 0. The van der Waals surface area contributed by atoms with E-state index in [1.807, 2.05) is 52.0 Å². The Morgan fingerprint density at radius 3 is 2.57 bits per heavy atom. The Hall–Kier alpha value is -4.53. The second-order valence-electron chi connectivity index (χ2n) is 9.17. The van der Waals surface area contributed by atoms with Gasteiger partial charge < -0.3 is 14.6 Å². The number of hydrogen-bond acceptors (Lipinski definition) is 7. The van der Waals surface area contributed by atoms with Crippen LogP contribution in [0.1, 0.15) is 45.2 Å². The smallest absolute Gasteiger partial charge is 0.343 e. The summed E-state index contributed by atoms with van der Waals surface area (Å²) in [5, 5.41) is 13.1.